The second kappa shape index (κ2) is 6.30. The Morgan fingerprint density at radius 2 is 1.84 bits per heavy atom. The van der Waals surface area contributed by atoms with Crippen molar-refractivity contribution in [2.24, 2.45) is 34.0 Å². The number of carbonyl (C=O) groups is 3. The summed E-state index contributed by atoms with van der Waals surface area (Å²) < 4.78 is 17.2. The molecule has 2 heterocycles. The first kappa shape index (κ1) is 21.8. The van der Waals surface area contributed by atoms with Gasteiger partial charge in [0.05, 0.1) is 6.61 Å². The summed E-state index contributed by atoms with van der Waals surface area (Å²) >= 11 is 0. The van der Waals surface area contributed by atoms with Crippen molar-refractivity contribution in [2.45, 2.75) is 64.6 Å². The lowest BCUT2D eigenvalue weighted by Gasteiger charge is -2.73. The van der Waals surface area contributed by atoms with Crippen molar-refractivity contribution in [1.82, 2.24) is 0 Å². The van der Waals surface area contributed by atoms with E-state index in [0.29, 0.717) is 18.4 Å². The Hall–Kier alpha value is -2.03. The number of carbonyl (C=O) groups excluding carboxylic acids is 3. The Labute approximate surface area is 186 Å². The third kappa shape index (κ3) is 2.16. The molecule has 4 aliphatic carbocycles. The molecule has 0 aromatic carbocycles. The van der Waals surface area contributed by atoms with Crippen LogP contribution in [-0.2, 0) is 28.6 Å². The van der Waals surface area contributed by atoms with Gasteiger partial charge < -0.3 is 24.4 Å². The summed E-state index contributed by atoms with van der Waals surface area (Å²) in [5, 5.41) is 23.7. The Bertz CT molecular complexity index is 967. The van der Waals surface area contributed by atoms with E-state index in [-0.39, 0.29) is 6.61 Å². The molecule has 2 saturated heterocycles. The van der Waals surface area contributed by atoms with Crippen molar-refractivity contribution >= 4 is 17.7 Å². The smallest absolute Gasteiger partial charge is 0.303 e. The number of hydrogen-bond acceptors (Lipinski definition) is 8. The van der Waals surface area contributed by atoms with Crippen molar-refractivity contribution in [2.75, 3.05) is 6.61 Å². The Kier molecular flexibility index (Phi) is 4.29. The minimum Gasteiger partial charge on any atom is -0.461 e. The zero-order valence-corrected chi connectivity index (χ0v) is 18.8. The first-order valence-electron chi connectivity index (χ1n) is 11.2. The van der Waals surface area contributed by atoms with Crippen molar-refractivity contribution in [3.8, 4) is 0 Å². The number of esters is 2. The highest BCUT2D eigenvalue weighted by Gasteiger charge is 2.86. The molecule has 6 aliphatic rings. The molecule has 2 aliphatic heterocycles. The van der Waals surface area contributed by atoms with Crippen LogP contribution in [0.5, 0.6) is 0 Å². The highest BCUT2D eigenvalue weighted by atomic mass is 16.6. The number of ether oxygens (including phenoxy) is 3. The molecule has 3 saturated carbocycles. The summed E-state index contributed by atoms with van der Waals surface area (Å²) in [6.07, 6.45) is 1.82. The third-order valence-corrected chi connectivity index (χ3v) is 9.03. The molecule has 8 heteroatoms. The van der Waals surface area contributed by atoms with Gasteiger partial charge in [0.2, 0.25) is 5.79 Å². The zero-order valence-electron chi connectivity index (χ0n) is 18.8. The summed E-state index contributed by atoms with van der Waals surface area (Å²) in [5.41, 5.74) is -2.90. The molecule has 174 valence electrons. The number of rotatable bonds is 2. The van der Waals surface area contributed by atoms with Crippen molar-refractivity contribution in [3.63, 3.8) is 0 Å². The number of aliphatic hydroxyl groups is 2. The van der Waals surface area contributed by atoms with Gasteiger partial charge in [-0.25, -0.2) is 0 Å². The second-order valence-electron chi connectivity index (χ2n) is 10.7. The Balaban J connectivity index is 1.74. The van der Waals surface area contributed by atoms with Crippen LogP contribution in [0.4, 0.5) is 0 Å². The topological polar surface area (TPSA) is 119 Å². The molecule has 2 spiro atoms. The van der Waals surface area contributed by atoms with Crippen LogP contribution in [0.15, 0.2) is 24.3 Å². The summed E-state index contributed by atoms with van der Waals surface area (Å²) in [4.78, 5) is 37.5. The van der Waals surface area contributed by atoms with Crippen LogP contribution < -0.4 is 0 Å². The van der Waals surface area contributed by atoms with Gasteiger partial charge in [0.25, 0.3) is 0 Å². The summed E-state index contributed by atoms with van der Waals surface area (Å²) in [7, 11) is 0. The van der Waals surface area contributed by atoms with E-state index in [9.17, 15) is 24.6 Å². The predicted molar refractivity (Wildman–Crippen MR) is 110 cm³/mol. The SMILES string of the molecule is C=C1C(=O)[C@]23[C@H](OC(C)=O)[C@H]1CC[C@H]2[C@]12C=C[C@H](OC(C)=O)C(C)(C)[C@H]1[C@H](O)[C@]3(O)OC2. The van der Waals surface area contributed by atoms with Crippen LogP contribution in [0.3, 0.4) is 0 Å². The van der Waals surface area contributed by atoms with Gasteiger partial charge in [-0.15, -0.1) is 0 Å². The Morgan fingerprint density at radius 3 is 2.47 bits per heavy atom. The minimum atomic E-state index is -2.26. The van der Waals surface area contributed by atoms with Gasteiger partial charge in [0.15, 0.2) is 5.78 Å². The maximum absolute atomic E-state index is 13.8. The van der Waals surface area contributed by atoms with E-state index in [1.165, 1.54) is 13.8 Å². The molecule has 2 N–H and O–H groups in total. The molecule has 6 rings (SSSR count). The van der Waals surface area contributed by atoms with Gasteiger partial charge in [-0.05, 0) is 30.4 Å². The molecule has 0 unspecified atom stereocenters. The van der Waals surface area contributed by atoms with Crippen LogP contribution in [0, 0.1) is 34.0 Å². The standard InChI is InChI=1S/C24H30O8/c1-11-14-6-7-15-22-9-8-16(31-12(2)25)21(4,5)17(22)19(28)24(29,30-10-22)23(15,18(11)27)20(14)32-13(3)26/h8-9,14-17,19-20,28-29H,1,6-7,10H2,2-5H3/t14-,15-,16-,17+,19-,20+,22+,23-,24-/m0/s1. The third-order valence-electron chi connectivity index (χ3n) is 9.03. The fourth-order valence-electron chi connectivity index (χ4n) is 8.02. The number of ketones is 1. The summed E-state index contributed by atoms with van der Waals surface area (Å²) in [5.74, 6) is -5.09. The molecule has 32 heavy (non-hydrogen) atoms. The highest BCUT2D eigenvalue weighted by Crippen LogP contribution is 2.76. The lowest BCUT2D eigenvalue weighted by molar-refractivity contribution is -0.438. The van der Waals surface area contributed by atoms with E-state index in [2.05, 4.69) is 6.58 Å². The van der Waals surface area contributed by atoms with Crippen LogP contribution in [-0.4, -0.2) is 58.6 Å². The van der Waals surface area contributed by atoms with E-state index in [4.69, 9.17) is 14.2 Å². The molecule has 4 bridgehead atoms. The molecule has 0 amide bonds. The van der Waals surface area contributed by atoms with Gasteiger partial charge in [0, 0.05) is 36.5 Å². The molecule has 0 aromatic heterocycles. The molecule has 5 fully saturated rings. The van der Waals surface area contributed by atoms with Crippen LogP contribution in [0.2, 0.25) is 0 Å². The van der Waals surface area contributed by atoms with Gasteiger partial charge >= 0.3 is 11.9 Å². The molecule has 8 nitrogen and oxygen atoms in total. The van der Waals surface area contributed by atoms with E-state index >= 15 is 0 Å². The van der Waals surface area contributed by atoms with Crippen molar-refractivity contribution < 1.29 is 38.8 Å². The van der Waals surface area contributed by atoms with Crippen LogP contribution in [0.25, 0.3) is 0 Å². The van der Waals surface area contributed by atoms with E-state index < -0.39 is 75.8 Å². The molecule has 9 atom stereocenters. The monoisotopic (exact) mass is 446 g/mol. The first-order valence-corrected chi connectivity index (χ1v) is 11.2. The fourth-order valence-corrected chi connectivity index (χ4v) is 8.02. The number of fused-ring (bicyclic) bond motifs is 2. The van der Waals surface area contributed by atoms with E-state index in [1.54, 1.807) is 6.08 Å². The predicted octanol–water partition coefficient (Wildman–Crippen LogP) is 1.29. The summed E-state index contributed by atoms with van der Waals surface area (Å²) in [6.45, 7) is 10.4. The highest BCUT2D eigenvalue weighted by molar-refractivity contribution is 6.05. The van der Waals surface area contributed by atoms with Crippen LogP contribution >= 0.6 is 0 Å². The van der Waals surface area contributed by atoms with Gasteiger partial charge in [0.1, 0.15) is 23.7 Å². The lowest BCUT2D eigenvalue weighted by Crippen LogP contribution is -2.84. The maximum Gasteiger partial charge on any atom is 0.303 e. The average Bonchev–Trinajstić information content (AvgIpc) is 2.80. The second-order valence-corrected chi connectivity index (χ2v) is 10.7. The largest absolute Gasteiger partial charge is 0.461 e. The maximum atomic E-state index is 13.8. The molecular formula is C24H30O8. The minimum absolute atomic E-state index is 0.0988. The Morgan fingerprint density at radius 1 is 1.19 bits per heavy atom. The summed E-state index contributed by atoms with van der Waals surface area (Å²) in [6, 6.07) is 0. The van der Waals surface area contributed by atoms with Gasteiger partial charge in [-0.2, -0.15) is 0 Å². The van der Waals surface area contributed by atoms with Crippen molar-refractivity contribution in [3.05, 3.63) is 24.3 Å². The fraction of sp³-hybridized carbons (Fsp3) is 0.708. The normalized spacial score (nSPS) is 49.9. The molecule has 0 radical (unpaired) electrons. The number of hydrogen-bond donors (Lipinski definition) is 2. The molecule has 0 aromatic rings. The van der Waals surface area contributed by atoms with E-state index in [0.717, 1.165) is 0 Å². The number of aliphatic hydroxyl groups excluding tert-OH is 1. The van der Waals surface area contributed by atoms with Crippen LogP contribution in [0.1, 0.15) is 40.5 Å². The lowest BCUT2D eigenvalue weighted by atomic mass is 9.37. The van der Waals surface area contributed by atoms with Crippen molar-refractivity contribution in [1.29, 1.82) is 0 Å². The zero-order chi connectivity index (χ0) is 23.4. The van der Waals surface area contributed by atoms with Gasteiger partial charge in [-0.1, -0.05) is 26.5 Å². The van der Waals surface area contributed by atoms with Gasteiger partial charge in [-0.3, -0.25) is 14.4 Å². The average molecular weight is 446 g/mol. The molecular weight excluding hydrogens is 416 g/mol. The van der Waals surface area contributed by atoms with E-state index in [1.807, 2.05) is 19.9 Å². The first-order chi connectivity index (χ1) is 14.9. The quantitative estimate of drug-likeness (QED) is 0.370. The number of Topliss-reactive ketones (excluding diaryl/α,β-unsaturated/α-hetero) is 1.